The van der Waals surface area contributed by atoms with E-state index in [0.29, 0.717) is 13.0 Å². The Balaban J connectivity index is 1.58. The van der Waals surface area contributed by atoms with Crippen LogP contribution in [0.15, 0.2) is 47.7 Å². The summed E-state index contributed by atoms with van der Waals surface area (Å²) in [4.78, 5) is 2.23. The summed E-state index contributed by atoms with van der Waals surface area (Å²) in [5.74, 6) is 0. The van der Waals surface area contributed by atoms with Gasteiger partial charge in [-0.05, 0) is 49.5 Å². The van der Waals surface area contributed by atoms with Crippen molar-refractivity contribution in [2.45, 2.75) is 67.8 Å². The second-order valence-corrected chi connectivity index (χ2v) is 12.4. The second kappa shape index (κ2) is 7.33. The van der Waals surface area contributed by atoms with Gasteiger partial charge in [-0.15, -0.1) is 0 Å². The molecule has 0 radical (unpaired) electrons. The molecule has 0 saturated carbocycles. The fourth-order valence-corrected chi connectivity index (χ4v) is 6.89. The minimum Gasteiger partial charge on any atom is -0.364 e. The zero-order valence-electron chi connectivity index (χ0n) is 18.9. The van der Waals surface area contributed by atoms with Gasteiger partial charge >= 0.3 is 6.18 Å². The van der Waals surface area contributed by atoms with E-state index in [0.717, 1.165) is 23.3 Å². The molecule has 2 aliphatic heterocycles. The van der Waals surface area contributed by atoms with Crippen LogP contribution >= 0.6 is 0 Å². The summed E-state index contributed by atoms with van der Waals surface area (Å²) in [7, 11) is -3.53. The third-order valence-electron chi connectivity index (χ3n) is 7.75. The van der Waals surface area contributed by atoms with Crippen LogP contribution in [0.25, 0.3) is 0 Å². The molecule has 2 aliphatic carbocycles. The van der Waals surface area contributed by atoms with Gasteiger partial charge in [0.05, 0.1) is 18.2 Å². The Morgan fingerprint density at radius 1 is 1.18 bits per heavy atom. The zero-order chi connectivity index (χ0) is 23.8. The summed E-state index contributed by atoms with van der Waals surface area (Å²) in [6, 6.07) is 7.81. The molecule has 5 rings (SSSR count). The van der Waals surface area contributed by atoms with E-state index in [4.69, 9.17) is 4.74 Å². The Morgan fingerprint density at radius 2 is 1.91 bits per heavy atom. The number of ether oxygens (including phenoxy) is 1. The van der Waals surface area contributed by atoms with Crippen LogP contribution < -0.4 is 5.32 Å². The Kier molecular flexibility index (Phi) is 5.09. The number of hydrogen-bond acceptors (Lipinski definition) is 5. The van der Waals surface area contributed by atoms with Crippen molar-refractivity contribution in [2.24, 2.45) is 0 Å². The molecule has 33 heavy (non-hydrogen) atoms. The van der Waals surface area contributed by atoms with Gasteiger partial charge < -0.3 is 15.0 Å². The molecule has 0 aromatic heterocycles. The average Bonchev–Trinajstić information content (AvgIpc) is 3.08. The second-order valence-electron chi connectivity index (χ2n) is 10.0. The molecule has 0 amide bonds. The molecular formula is C24H29F3N2O3S. The maximum Gasteiger partial charge on any atom is 0.390 e. The zero-order valence-corrected chi connectivity index (χ0v) is 19.8. The third-order valence-corrected chi connectivity index (χ3v) is 9.68. The van der Waals surface area contributed by atoms with Crippen molar-refractivity contribution in [3.8, 4) is 0 Å². The highest BCUT2D eigenvalue weighted by Crippen LogP contribution is 2.54. The first kappa shape index (κ1) is 22.9. The van der Waals surface area contributed by atoms with Gasteiger partial charge in [0.15, 0.2) is 9.84 Å². The third kappa shape index (κ3) is 3.63. The Morgan fingerprint density at radius 3 is 2.61 bits per heavy atom. The molecule has 5 nitrogen and oxygen atoms in total. The van der Waals surface area contributed by atoms with Crippen molar-refractivity contribution in [3.63, 3.8) is 0 Å². The van der Waals surface area contributed by atoms with E-state index >= 15 is 0 Å². The van der Waals surface area contributed by atoms with E-state index in [-0.39, 0.29) is 24.7 Å². The van der Waals surface area contributed by atoms with E-state index in [2.05, 4.69) is 22.3 Å². The van der Waals surface area contributed by atoms with Crippen LogP contribution in [-0.4, -0.2) is 61.3 Å². The van der Waals surface area contributed by atoms with Crippen LogP contribution in [0.1, 0.15) is 43.9 Å². The molecular weight excluding hydrogens is 453 g/mol. The Bertz CT molecular complexity index is 1150. The van der Waals surface area contributed by atoms with Crippen LogP contribution in [0.3, 0.4) is 0 Å². The van der Waals surface area contributed by atoms with Gasteiger partial charge in [-0.2, -0.15) is 13.2 Å². The molecule has 1 N–H and O–H groups in total. The largest absolute Gasteiger partial charge is 0.390 e. The lowest BCUT2D eigenvalue weighted by Crippen LogP contribution is -2.62. The van der Waals surface area contributed by atoms with Gasteiger partial charge in [0.1, 0.15) is 16.5 Å². The summed E-state index contributed by atoms with van der Waals surface area (Å²) >= 11 is 0. The van der Waals surface area contributed by atoms with E-state index < -0.39 is 32.8 Å². The molecule has 2 heterocycles. The predicted octanol–water partition coefficient (Wildman–Crippen LogP) is 3.68. The molecule has 4 aliphatic rings. The van der Waals surface area contributed by atoms with Crippen LogP contribution in [0.4, 0.5) is 13.2 Å². The summed E-state index contributed by atoms with van der Waals surface area (Å²) in [6.45, 7) is 3.96. The molecule has 5 atom stereocenters. The fraction of sp³-hybridized carbons (Fsp3) is 0.583. The first-order valence-corrected chi connectivity index (χ1v) is 13.2. The van der Waals surface area contributed by atoms with Crippen LogP contribution in [0.2, 0.25) is 0 Å². The lowest BCUT2D eigenvalue weighted by Gasteiger charge is -2.57. The summed E-state index contributed by atoms with van der Waals surface area (Å²) in [5.41, 5.74) is 3.11. The number of nitrogens with zero attached hydrogens (tertiary/aromatic N) is 1. The first-order chi connectivity index (χ1) is 15.3. The van der Waals surface area contributed by atoms with Crippen molar-refractivity contribution in [2.75, 3.05) is 19.3 Å². The topological polar surface area (TPSA) is 58.6 Å². The van der Waals surface area contributed by atoms with Crippen molar-refractivity contribution in [1.29, 1.82) is 0 Å². The van der Waals surface area contributed by atoms with E-state index in [9.17, 15) is 21.6 Å². The SMILES string of the molecule is CC12C=CC(C)(S(C)(=O)=O)C3=C1N(C[C@H](NCCC(F)(F)F)C3)[C@H]1Cc3ccccc3[C@@H]1O2. The highest BCUT2D eigenvalue weighted by molar-refractivity contribution is 7.92. The number of halogens is 3. The molecule has 1 aromatic carbocycles. The summed E-state index contributed by atoms with van der Waals surface area (Å²) < 4.78 is 69.6. The fourth-order valence-electron chi connectivity index (χ4n) is 5.94. The highest BCUT2D eigenvalue weighted by Gasteiger charge is 2.57. The van der Waals surface area contributed by atoms with Gasteiger partial charge in [-0.1, -0.05) is 30.3 Å². The number of rotatable bonds is 4. The molecule has 1 fully saturated rings. The van der Waals surface area contributed by atoms with Crippen molar-refractivity contribution in [1.82, 2.24) is 10.2 Å². The molecule has 9 heteroatoms. The lowest BCUT2D eigenvalue weighted by atomic mass is 9.75. The number of fused-ring (bicyclic) bond motifs is 4. The Hall–Kier alpha value is -1.84. The number of nitrogens with one attached hydrogen (secondary N) is 1. The predicted molar refractivity (Wildman–Crippen MR) is 119 cm³/mol. The maximum absolute atomic E-state index is 12.9. The normalized spacial score (nSPS) is 35.3. The van der Waals surface area contributed by atoms with Crippen LogP contribution in [0.5, 0.6) is 0 Å². The summed E-state index contributed by atoms with van der Waals surface area (Å²) in [6.07, 6.45) is 0.553. The van der Waals surface area contributed by atoms with Crippen molar-refractivity contribution < 1.29 is 26.3 Å². The van der Waals surface area contributed by atoms with Gasteiger partial charge in [-0.3, -0.25) is 0 Å². The maximum atomic E-state index is 12.9. The van der Waals surface area contributed by atoms with Gasteiger partial charge in [-0.25, -0.2) is 8.42 Å². The van der Waals surface area contributed by atoms with Gasteiger partial charge in [0.2, 0.25) is 0 Å². The minimum absolute atomic E-state index is 0.0250. The highest BCUT2D eigenvalue weighted by atomic mass is 32.2. The van der Waals surface area contributed by atoms with Gasteiger partial charge in [0.25, 0.3) is 0 Å². The van der Waals surface area contributed by atoms with E-state index in [1.807, 2.05) is 25.1 Å². The smallest absolute Gasteiger partial charge is 0.364 e. The number of morpholine rings is 1. The first-order valence-electron chi connectivity index (χ1n) is 11.3. The minimum atomic E-state index is -4.24. The molecule has 180 valence electrons. The number of sulfone groups is 1. The Labute approximate surface area is 192 Å². The van der Waals surface area contributed by atoms with Crippen molar-refractivity contribution >= 4 is 9.84 Å². The molecule has 1 saturated heterocycles. The monoisotopic (exact) mass is 482 g/mol. The van der Waals surface area contributed by atoms with E-state index in [1.54, 1.807) is 13.0 Å². The average molecular weight is 483 g/mol. The van der Waals surface area contributed by atoms with Crippen molar-refractivity contribution in [3.05, 3.63) is 58.8 Å². The molecule has 1 aromatic rings. The number of alkyl halides is 3. The quantitative estimate of drug-likeness (QED) is 0.664. The number of hydrogen-bond donors (Lipinski definition) is 1. The molecule has 0 bridgehead atoms. The van der Waals surface area contributed by atoms with E-state index in [1.165, 1.54) is 11.8 Å². The molecule has 2 unspecified atom stereocenters. The number of benzene rings is 1. The lowest BCUT2D eigenvalue weighted by molar-refractivity contribution is -0.134. The summed E-state index contributed by atoms with van der Waals surface area (Å²) in [5, 5.41) is 3.06. The van der Waals surface area contributed by atoms with Gasteiger partial charge in [0, 0.05) is 25.4 Å². The van der Waals surface area contributed by atoms with Crippen LogP contribution in [-0.2, 0) is 21.0 Å². The standard InChI is InChI=1S/C24H29F3N2O3S/c1-22-8-9-23(2,33(3,30)31)18-13-16(28-11-10-24(25,26)27)14-29(21(18)22)19-12-15-6-4-5-7-17(15)20(19)32-22/h4-9,16,19-20,28H,10-14H2,1-3H3/t16-,19+,20+,22?,23?/m1/s1. The molecule has 0 spiro atoms. The van der Waals surface area contributed by atoms with Crippen LogP contribution in [0, 0.1) is 0 Å².